The Bertz CT molecular complexity index is 648. The summed E-state index contributed by atoms with van der Waals surface area (Å²) in [4.78, 5) is 4.38. The van der Waals surface area contributed by atoms with Gasteiger partial charge in [0.15, 0.2) is 4.34 Å². The fourth-order valence-corrected chi connectivity index (χ4v) is 2.39. The first kappa shape index (κ1) is 9.74. The van der Waals surface area contributed by atoms with E-state index < -0.39 is 0 Å². The van der Waals surface area contributed by atoms with Gasteiger partial charge in [-0.05, 0) is 12.1 Å². The van der Waals surface area contributed by atoms with Crippen molar-refractivity contribution < 1.29 is 0 Å². The molecule has 0 amide bonds. The summed E-state index contributed by atoms with van der Waals surface area (Å²) >= 11 is 5.60. The van der Waals surface area contributed by atoms with E-state index in [1.165, 1.54) is 11.3 Å². The minimum Gasteiger partial charge on any atom is -0.256 e. The molecule has 0 bridgehead atoms. The van der Waals surface area contributed by atoms with Crippen LogP contribution in [0, 0.1) is 0 Å². The molecule has 78 valence electrons. The molecule has 3 nitrogen and oxygen atoms in total. The lowest BCUT2D eigenvalue weighted by Gasteiger charge is -1.98. The molecule has 0 unspecified atom stereocenters. The molecule has 5 heteroatoms. The topological polar surface area (TPSA) is 38.7 Å². The monoisotopic (exact) mass is 245 g/mol. The number of thiol groups is 1. The molecule has 0 radical (unpaired) electrons. The van der Waals surface area contributed by atoms with Crippen LogP contribution >= 0.6 is 24.0 Å². The van der Waals surface area contributed by atoms with Crippen molar-refractivity contribution >= 4 is 34.9 Å². The maximum atomic E-state index is 4.38. The molecule has 0 fully saturated rings. The fraction of sp³-hybridized carbons (Fsp3) is 0. The van der Waals surface area contributed by atoms with Crippen LogP contribution in [-0.2, 0) is 0 Å². The van der Waals surface area contributed by atoms with E-state index in [2.05, 4.69) is 33.9 Å². The molecule has 0 aliphatic carbocycles. The number of aromatic nitrogens is 3. The highest BCUT2D eigenvalue weighted by molar-refractivity contribution is 7.82. The Morgan fingerprint density at radius 3 is 2.81 bits per heavy atom. The summed E-state index contributed by atoms with van der Waals surface area (Å²) in [6, 6.07) is 10.1. The molecular formula is C11H7N3S2. The van der Waals surface area contributed by atoms with Crippen molar-refractivity contribution in [3.8, 4) is 10.6 Å². The maximum Gasteiger partial charge on any atom is 0.171 e. The second-order valence-corrected chi connectivity index (χ2v) is 5.01. The van der Waals surface area contributed by atoms with Gasteiger partial charge in [-0.15, -0.1) is 22.8 Å². The van der Waals surface area contributed by atoms with E-state index in [1.807, 2.05) is 30.5 Å². The van der Waals surface area contributed by atoms with E-state index in [9.17, 15) is 0 Å². The van der Waals surface area contributed by atoms with E-state index in [1.54, 1.807) is 0 Å². The number of nitrogens with zero attached hydrogens (tertiary/aromatic N) is 3. The smallest absolute Gasteiger partial charge is 0.171 e. The van der Waals surface area contributed by atoms with Gasteiger partial charge in [0.2, 0.25) is 0 Å². The van der Waals surface area contributed by atoms with E-state index in [0.29, 0.717) is 4.34 Å². The summed E-state index contributed by atoms with van der Waals surface area (Å²) in [5.41, 5.74) is 1.97. The number of benzene rings is 1. The summed E-state index contributed by atoms with van der Waals surface area (Å²) in [5.74, 6) is 0. The summed E-state index contributed by atoms with van der Waals surface area (Å²) in [6.07, 6.45) is 1.82. The summed E-state index contributed by atoms with van der Waals surface area (Å²) in [7, 11) is 0. The summed E-state index contributed by atoms with van der Waals surface area (Å²) in [5, 5.41) is 9.88. The van der Waals surface area contributed by atoms with Crippen molar-refractivity contribution in [1.29, 1.82) is 0 Å². The second kappa shape index (κ2) is 3.84. The Balaban J connectivity index is 2.18. The van der Waals surface area contributed by atoms with Crippen LogP contribution in [0.5, 0.6) is 0 Å². The van der Waals surface area contributed by atoms with Gasteiger partial charge in [-0.2, -0.15) is 0 Å². The third-order valence-electron chi connectivity index (χ3n) is 2.25. The van der Waals surface area contributed by atoms with Crippen molar-refractivity contribution in [2.45, 2.75) is 4.34 Å². The van der Waals surface area contributed by atoms with E-state index in [-0.39, 0.29) is 0 Å². The van der Waals surface area contributed by atoms with Crippen molar-refractivity contribution in [3.05, 3.63) is 36.5 Å². The lowest BCUT2D eigenvalue weighted by Crippen LogP contribution is -1.82. The average Bonchev–Trinajstić information content (AvgIpc) is 2.75. The van der Waals surface area contributed by atoms with E-state index in [4.69, 9.17) is 0 Å². The average molecular weight is 245 g/mol. The van der Waals surface area contributed by atoms with Gasteiger partial charge in [0.1, 0.15) is 5.01 Å². The minimum absolute atomic E-state index is 0.670. The second-order valence-electron chi connectivity index (χ2n) is 3.31. The Hall–Kier alpha value is -1.46. The normalized spacial score (nSPS) is 10.8. The molecule has 2 heterocycles. The molecule has 3 aromatic rings. The summed E-state index contributed by atoms with van der Waals surface area (Å²) in [6.45, 7) is 0. The molecule has 0 atom stereocenters. The standard InChI is InChI=1S/C11H7N3S2/c15-11-14-13-10(16-11)8-5-7-3-1-2-4-9(7)12-6-8/h1-6H,(H,14,15). The lowest BCUT2D eigenvalue weighted by molar-refractivity contribution is 1.02. The molecular weight excluding hydrogens is 238 g/mol. The van der Waals surface area contributed by atoms with Gasteiger partial charge in [0.05, 0.1) is 5.52 Å². The molecule has 0 saturated carbocycles. The highest BCUT2D eigenvalue weighted by atomic mass is 32.2. The van der Waals surface area contributed by atoms with Gasteiger partial charge in [-0.25, -0.2) is 0 Å². The molecule has 0 saturated heterocycles. The summed E-state index contributed by atoms with van der Waals surface area (Å²) < 4.78 is 0.670. The SMILES string of the molecule is Sc1nnc(-c2cnc3ccccc3c2)s1. The Morgan fingerprint density at radius 1 is 1.12 bits per heavy atom. The van der Waals surface area contributed by atoms with Gasteiger partial charge in [-0.3, -0.25) is 4.98 Å². The maximum absolute atomic E-state index is 4.38. The van der Waals surface area contributed by atoms with Crippen LogP contribution in [0.15, 0.2) is 40.9 Å². The zero-order chi connectivity index (χ0) is 11.0. The molecule has 0 N–H and O–H groups in total. The highest BCUT2D eigenvalue weighted by Crippen LogP contribution is 2.26. The number of hydrogen-bond acceptors (Lipinski definition) is 5. The quantitative estimate of drug-likeness (QED) is 0.670. The molecule has 0 aliphatic heterocycles. The number of para-hydroxylation sites is 1. The van der Waals surface area contributed by atoms with E-state index in [0.717, 1.165) is 21.5 Å². The first-order chi connectivity index (χ1) is 7.83. The van der Waals surface area contributed by atoms with Crippen LogP contribution in [0.4, 0.5) is 0 Å². The number of pyridine rings is 1. The molecule has 2 aromatic heterocycles. The Morgan fingerprint density at radius 2 is 2.00 bits per heavy atom. The highest BCUT2D eigenvalue weighted by Gasteiger charge is 2.05. The predicted octanol–water partition coefficient (Wildman–Crippen LogP) is 3.04. The van der Waals surface area contributed by atoms with Crippen molar-refractivity contribution in [2.24, 2.45) is 0 Å². The third-order valence-corrected chi connectivity index (χ3v) is 3.39. The van der Waals surface area contributed by atoms with Crippen LogP contribution in [0.2, 0.25) is 0 Å². The van der Waals surface area contributed by atoms with Crippen LogP contribution < -0.4 is 0 Å². The Labute approximate surface area is 102 Å². The lowest BCUT2D eigenvalue weighted by atomic mass is 10.2. The van der Waals surface area contributed by atoms with Crippen LogP contribution in [0.25, 0.3) is 21.5 Å². The molecule has 0 spiro atoms. The van der Waals surface area contributed by atoms with Gasteiger partial charge >= 0.3 is 0 Å². The molecule has 3 rings (SSSR count). The minimum atomic E-state index is 0.670. The number of hydrogen-bond donors (Lipinski definition) is 1. The van der Waals surface area contributed by atoms with Crippen molar-refractivity contribution in [3.63, 3.8) is 0 Å². The predicted molar refractivity (Wildman–Crippen MR) is 67.9 cm³/mol. The Kier molecular flexibility index (Phi) is 2.34. The van der Waals surface area contributed by atoms with Gasteiger partial charge in [0.25, 0.3) is 0 Å². The van der Waals surface area contributed by atoms with Gasteiger partial charge < -0.3 is 0 Å². The van der Waals surface area contributed by atoms with Crippen LogP contribution in [0.1, 0.15) is 0 Å². The zero-order valence-electron chi connectivity index (χ0n) is 8.16. The van der Waals surface area contributed by atoms with Crippen molar-refractivity contribution in [2.75, 3.05) is 0 Å². The molecule has 1 aromatic carbocycles. The fourth-order valence-electron chi connectivity index (χ4n) is 1.52. The number of rotatable bonds is 1. The first-order valence-electron chi connectivity index (χ1n) is 4.70. The molecule has 16 heavy (non-hydrogen) atoms. The zero-order valence-corrected chi connectivity index (χ0v) is 9.87. The number of fused-ring (bicyclic) bond motifs is 1. The molecule has 0 aliphatic rings. The van der Waals surface area contributed by atoms with E-state index >= 15 is 0 Å². The third kappa shape index (κ3) is 1.68. The van der Waals surface area contributed by atoms with Gasteiger partial charge in [-0.1, -0.05) is 29.5 Å². The first-order valence-corrected chi connectivity index (χ1v) is 5.97. The van der Waals surface area contributed by atoms with Gasteiger partial charge in [0, 0.05) is 17.1 Å². The van der Waals surface area contributed by atoms with Crippen molar-refractivity contribution in [1.82, 2.24) is 15.2 Å². The van der Waals surface area contributed by atoms with Crippen LogP contribution in [-0.4, -0.2) is 15.2 Å². The van der Waals surface area contributed by atoms with Crippen LogP contribution in [0.3, 0.4) is 0 Å². The largest absolute Gasteiger partial charge is 0.256 e.